The number of fused-ring (bicyclic) bond motifs is 3. The van der Waals surface area contributed by atoms with E-state index in [1.54, 1.807) is 20.8 Å². The Kier molecular flexibility index (Phi) is 7.77. The molecule has 2 aliphatic rings. The number of methoxy groups -OCH3 is 1. The summed E-state index contributed by atoms with van der Waals surface area (Å²) in [6, 6.07) is 18.4. The number of ether oxygens (including phenoxy) is 3. The zero-order valence-electron chi connectivity index (χ0n) is 23.5. The Morgan fingerprint density at radius 2 is 1.61 bits per heavy atom. The molecule has 3 aromatic rings. The summed E-state index contributed by atoms with van der Waals surface area (Å²) in [6.45, 7) is 5.73. The van der Waals surface area contributed by atoms with E-state index in [2.05, 4.69) is 12.1 Å². The molecule has 41 heavy (non-hydrogen) atoms. The van der Waals surface area contributed by atoms with Crippen LogP contribution >= 0.6 is 0 Å². The number of benzene rings is 2. The lowest BCUT2D eigenvalue weighted by atomic mass is 9.98. The number of carboxylic acids is 1. The van der Waals surface area contributed by atoms with E-state index in [0.29, 0.717) is 0 Å². The van der Waals surface area contributed by atoms with Crippen LogP contribution in [0.2, 0.25) is 0 Å². The summed E-state index contributed by atoms with van der Waals surface area (Å²) in [5.74, 6) is -1.33. The minimum absolute atomic E-state index is 0.0728. The van der Waals surface area contributed by atoms with Crippen molar-refractivity contribution in [2.75, 3.05) is 26.8 Å². The van der Waals surface area contributed by atoms with E-state index < -0.39 is 35.9 Å². The summed E-state index contributed by atoms with van der Waals surface area (Å²) in [7, 11) is 1.52. The van der Waals surface area contributed by atoms with Crippen LogP contribution in [0.4, 0.5) is 9.59 Å². The van der Waals surface area contributed by atoms with Gasteiger partial charge in [0.25, 0.3) is 0 Å². The number of likely N-dealkylation sites (tertiary alicyclic amines) is 1. The van der Waals surface area contributed by atoms with Gasteiger partial charge >= 0.3 is 18.2 Å². The predicted molar refractivity (Wildman–Crippen MR) is 149 cm³/mol. The molecule has 10 nitrogen and oxygen atoms in total. The smallest absolute Gasteiger partial charge is 0.410 e. The maximum Gasteiger partial charge on any atom is 0.410 e. The number of hydrogen-bond acceptors (Lipinski definition) is 7. The van der Waals surface area contributed by atoms with E-state index in [9.17, 15) is 19.5 Å². The van der Waals surface area contributed by atoms with Gasteiger partial charge in [-0.2, -0.15) is 0 Å². The summed E-state index contributed by atoms with van der Waals surface area (Å²) in [6.07, 6.45) is -1.67. The van der Waals surface area contributed by atoms with Crippen molar-refractivity contribution in [3.63, 3.8) is 0 Å². The molecule has 0 spiro atoms. The summed E-state index contributed by atoms with van der Waals surface area (Å²) < 4.78 is 22.7. The standard InChI is InChI=1S/C31H34N2O8/c1-31(2,3)41-29(36)32-16-25(27(17-32)38-4)33(15-19-13-14-26(40-19)28(34)35)30(37)39-18-24-22-11-7-5-9-20(22)21-10-6-8-12-23(21)24/h5-14,24-25,27H,15-18H2,1-4H3,(H,34,35)/t25-,27-/m1/s1. The molecule has 2 heterocycles. The van der Waals surface area contributed by atoms with Gasteiger partial charge in [0.1, 0.15) is 18.0 Å². The second kappa shape index (κ2) is 11.3. The molecule has 216 valence electrons. The molecule has 10 heteroatoms. The SMILES string of the molecule is CO[C@@H]1CN(C(=O)OC(C)(C)C)C[C@H]1N(Cc1ccc(C(=O)O)o1)C(=O)OCC1c2ccccc2-c2ccccc21. The first kappa shape index (κ1) is 28.2. The Balaban J connectivity index is 1.39. The van der Waals surface area contributed by atoms with E-state index in [-0.39, 0.29) is 43.7 Å². The highest BCUT2D eigenvalue weighted by atomic mass is 16.6. The largest absolute Gasteiger partial charge is 0.475 e. The van der Waals surface area contributed by atoms with Crippen molar-refractivity contribution >= 4 is 18.2 Å². The molecule has 5 rings (SSSR count). The molecule has 2 atom stereocenters. The predicted octanol–water partition coefficient (Wildman–Crippen LogP) is 5.36. The van der Waals surface area contributed by atoms with E-state index in [1.807, 2.05) is 36.4 Å². The first-order valence-electron chi connectivity index (χ1n) is 13.5. The third-order valence-electron chi connectivity index (χ3n) is 7.36. The molecule has 0 unspecified atom stereocenters. The summed E-state index contributed by atoms with van der Waals surface area (Å²) in [4.78, 5) is 41.0. The lowest BCUT2D eigenvalue weighted by molar-refractivity contribution is 0.0230. The number of rotatable bonds is 7. The van der Waals surface area contributed by atoms with Crippen LogP contribution in [0.1, 0.15) is 54.1 Å². The van der Waals surface area contributed by atoms with E-state index in [4.69, 9.17) is 18.6 Å². The van der Waals surface area contributed by atoms with Gasteiger partial charge in [-0.25, -0.2) is 14.4 Å². The van der Waals surface area contributed by atoms with Crippen LogP contribution in [0, 0.1) is 0 Å². The molecule has 1 fully saturated rings. The summed E-state index contributed by atoms with van der Waals surface area (Å²) in [5, 5.41) is 9.31. The second-order valence-electron chi connectivity index (χ2n) is 11.2. The van der Waals surface area contributed by atoms with Gasteiger partial charge in [-0.1, -0.05) is 48.5 Å². The number of carbonyl (C=O) groups excluding carboxylic acids is 2. The minimum Gasteiger partial charge on any atom is -0.475 e. The third kappa shape index (κ3) is 5.92. The number of aromatic carboxylic acids is 1. The van der Waals surface area contributed by atoms with Crippen LogP contribution < -0.4 is 0 Å². The monoisotopic (exact) mass is 562 g/mol. The quantitative estimate of drug-likeness (QED) is 0.409. The molecular weight excluding hydrogens is 528 g/mol. The number of nitrogens with zero attached hydrogens (tertiary/aromatic N) is 2. The second-order valence-corrected chi connectivity index (χ2v) is 11.2. The maximum atomic E-state index is 13.8. The van der Waals surface area contributed by atoms with Crippen LogP contribution in [-0.2, 0) is 20.8 Å². The maximum absolute atomic E-state index is 13.8. The first-order chi connectivity index (χ1) is 19.6. The molecule has 1 saturated heterocycles. The minimum atomic E-state index is -1.21. The zero-order valence-corrected chi connectivity index (χ0v) is 23.5. The van der Waals surface area contributed by atoms with Crippen LogP contribution in [0.15, 0.2) is 65.1 Å². The van der Waals surface area contributed by atoms with E-state index in [0.717, 1.165) is 22.3 Å². The number of carbonyl (C=O) groups is 3. The first-order valence-corrected chi connectivity index (χ1v) is 13.5. The van der Waals surface area contributed by atoms with Gasteiger partial charge in [0.2, 0.25) is 5.76 Å². The molecule has 2 amide bonds. The molecule has 1 aliphatic heterocycles. The van der Waals surface area contributed by atoms with Crippen molar-refractivity contribution in [1.82, 2.24) is 9.80 Å². The molecule has 0 radical (unpaired) electrons. The average molecular weight is 563 g/mol. The highest BCUT2D eigenvalue weighted by Gasteiger charge is 2.43. The van der Waals surface area contributed by atoms with Gasteiger partial charge in [0, 0.05) is 19.6 Å². The van der Waals surface area contributed by atoms with Crippen molar-refractivity contribution in [2.24, 2.45) is 0 Å². The number of amides is 2. The van der Waals surface area contributed by atoms with Crippen molar-refractivity contribution in [3.8, 4) is 11.1 Å². The normalized spacial score (nSPS) is 18.1. The molecule has 0 saturated carbocycles. The van der Waals surface area contributed by atoms with Gasteiger partial charge in [0.05, 0.1) is 25.2 Å². The Morgan fingerprint density at radius 3 is 2.17 bits per heavy atom. The Bertz CT molecular complexity index is 1400. The van der Waals surface area contributed by atoms with Gasteiger partial charge < -0.3 is 28.6 Å². The number of carboxylic acid groups (broad SMARTS) is 1. The fourth-order valence-electron chi connectivity index (χ4n) is 5.50. The Hall–Kier alpha value is -4.31. The number of furan rings is 1. The molecule has 0 bridgehead atoms. The lowest BCUT2D eigenvalue weighted by Gasteiger charge is -2.31. The van der Waals surface area contributed by atoms with Crippen LogP contribution in [0.25, 0.3) is 11.1 Å². The number of hydrogen-bond donors (Lipinski definition) is 1. The van der Waals surface area contributed by atoms with Crippen molar-refractivity contribution in [3.05, 3.63) is 83.3 Å². The van der Waals surface area contributed by atoms with Gasteiger partial charge in [-0.15, -0.1) is 0 Å². The summed E-state index contributed by atoms with van der Waals surface area (Å²) >= 11 is 0. The fourth-order valence-corrected chi connectivity index (χ4v) is 5.50. The summed E-state index contributed by atoms with van der Waals surface area (Å²) in [5.41, 5.74) is 3.70. The Morgan fingerprint density at radius 1 is 0.976 bits per heavy atom. The van der Waals surface area contributed by atoms with Crippen LogP contribution in [0.3, 0.4) is 0 Å². The van der Waals surface area contributed by atoms with Crippen molar-refractivity contribution in [2.45, 2.75) is 51.0 Å². The average Bonchev–Trinajstić information content (AvgIpc) is 3.65. The molecule has 1 N–H and O–H groups in total. The van der Waals surface area contributed by atoms with Gasteiger partial charge in [-0.3, -0.25) is 4.90 Å². The molecular formula is C31H34N2O8. The zero-order chi connectivity index (χ0) is 29.3. The van der Waals surface area contributed by atoms with Gasteiger partial charge in [0.15, 0.2) is 0 Å². The third-order valence-corrected chi connectivity index (χ3v) is 7.36. The topological polar surface area (TPSA) is 119 Å². The Labute approximate surface area is 238 Å². The van der Waals surface area contributed by atoms with E-state index in [1.165, 1.54) is 29.0 Å². The molecule has 2 aromatic carbocycles. The van der Waals surface area contributed by atoms with Crippen molar-refractivity contribution < 1.29 is 38.1 Å². The molecule has 1 aromatic heterocycles. The van der Waals surface area contributed by atoms with Crippen molar-refractivity contribution in [1.29, 1.82) is 0 Å². The van der Waals surface area contributed by atoms with Crippen LogP contribution in [-0.4, -0.2) is 77.6 Å². The van der Waals surface area contributed by atoms with Gasteiger partial charge in [-0.05, 0) is 55.2 Å². The fraction of sp³-hybridized carbons (Fsp3) is 0.387. The van der Waals surface area contributed by atoms with Crippen LogP contribution in [0.5, 0.6) is 0 Å². The van der Waals surface area contributed by atoms with E-state index >= 15 is 0 Å². The highest BCUT2D eigenvalue weighted by molar-refractivity contribution is 5.84. The highest BCUT2D eigenvalue weighted by Crippen LogP contribution is 2.44. The lowest BCUT2D eigenvalue weighted by Crippen LogP contribution is -2.47. The molecule has 1 aliphatic carbocycles.